The average Bonchev–Trinajstić information content (AvgIpc) is 2.57. The van der Waals surface area contributed by atoms with Gasteiger partial charge >= 0.3 is 0 Å². The summed E-state index contributed by atoms with van der Waals surface area (Å²) in [7, 11) is 0. The Balaban J connectivity index is 1.80. The lowest BCUT2D eigenvalue weighted by atomic mass is 10.1. The van der Waals surface area contributed by atoms with E-state index in [0.29, 0.717) is 0 Å². The predicted octanol–water partition coefficient (Wildman–Crippen LogP) is 4.20. The summed E-state index contributed by atoms with van der Waals surface area (Å²) in [5, 5.41) is 0. The van der Waals surface area contributed by atoms with Gasteiger partial charge in [-0.1, -0.05) is 18.2 Å². The number of benzene rings is 2. The molecule has 0 spiro atoms. The van der Waals surface area contributed by atoms with Gasteiger partial charge in [0.1, 0.15) is 0 Å². The third-order valence-corrected chi connectivity index (χ3v) is 4.34. The van der Waals surface area contributed by atoms with Gasteiger partial charge in [0.25, 0.3) is 0 Å². The van der Waals surface area contributed by atoms with E-state index in [1.807, 2.05) is 6.21 Å². The van der Waals surface area contributed by atoms with Gasteiger partial charge in [0.2, 0.25) is 0 Å². The summed E-state index contributed by atoms with van der Waals surface area (Å²) in [6, 6.07) is 13.0. The fourth-order valence-corrected chi connectivity index (χ4v) is 2.82. The fourth-order valence-electron chi connectivity index (χ4n) is 2.82. The lowest BCUT2D eigenvalue weighted by Crippen LogP contribution is -2.36. The molecule has 120 valence electrons. The third kappa shape index (κ3) is 3.80. The van der Waals surface area contributed by atoms with Gasteiger partial charge < -0.3 is 9.64 Å². The van der Waals surface area contributed by atoms with E-state index in [4.69, 9.17) is 4.74 Å². The normalized spacial score (nSPS) is 15.3. The van der Waals surface area contributed by atoms with Crippen molar-refractivity contribution in [2.75, 3.05) is 31.2 Å². The highest BCUT2D eigenvalue weighted by atomic mass is 16.5. The average molecular weight is 308 g/mol. The molecule has 0 N–H and O–H groups in total. The number of ether oxygens (including phenoxy) is 1. The van der Waals surface area contributed by atoms with Crippen LogP contribution >= 0.6 is 0 Å². The minimum absolute atomic E-state index is 0.814. The van der Waals surface area contributed by atoms with E-state index in [1.165, 1.54) is 27.9 Å². The zero-order valence-electron chi connectivity index (χ0n) is 14.2. The molecule has 1 saturated heterocycles. The van der Waals surface area contributed by atoms with Crippen molar-refractivity contribution in [3.8, 4) is 0 Å². The molecule has 1 heterocycles. The third-order valence-electron chi connectivity index (χ3n) is 4.34. The highest BCUT2D eigenvalue weighted by Gasteiger charge is 2.11. The standard InChI is InChI=1S/C20H24N2O/c1-15-4-5-16(2)20(12-15)21-14-18-6-7-19(13-17(18)3)22-8-10-23-11-9-22/h4-7,12-14H,8-11H2,1-3H3. The number of nitrogens with zero attached hydrogens (tertiary/aromatic N) is 2. The molecule has 3 rings (SSSR count). The molecule has 0 saturated carbocycles. The lowest BCUT2D eigenvalue weighted by molar-refractivity contribution is 0.122. The topological polar surface area (TPSA) is 24.8 Å². The molecule has 2 aromatic carbocycles. The van der Waals surface area contributed by atoms with Crippen LogP contribution in [0, 0.1) is 20.8 Å². The Morgan fingerprint density at radius 2 is 1.74 bits per heavy atom. The zero-order chi connectivity index (χ0) is 16.2. The van der Waals surface area contributed by atoms with Crippen molar-refractivity contribution >= 4 is 17.6 Å². The molecular weight excluding hydrogens is 284 g/mol. The van der Waals surface area contributed by atoms with Crippen LogP contribution in [0.4, 0.5) is 11.4 Å². The number of morpholine rings is 1. The Hall–Kier alpha value is -2.13. The van der Waals surface area contributed by atoms with Gasteiger partial charge in [-0.3, -0.25) is 4.99 Å². The number of hydrogen-bond donors (Lipinski definition) is 0. The number of rotatable bonds is 3. The molecule has 0 atom stereocenters. The maximum Gasteiger partial charge on any atom is 0.0661 e. The van der Waals surface area contributed by atoms with Crippen LogP contribution in [0.1, 0.15) is 22.3 Å². The van der Waals surface area contributed by atoms with Crippen LogP contribution in [0.15, 0.2) is 41.4 Å². The molecule has 0 unspecified atom stereocenters. The minimum Gasteiger partial charge on any atom is -0.378 e. The summed E-state index contributed by atoms with van der Waals surface area (Å²) in [5.74, 6) is 0. The Morgan fingerprint density at radius 3 is 2.48 bits per heavy atom. The van der Waals surface area contributed by atoms with E-state index in [2.05, 4.69) is 67.1 Å². The summed E-state index contributed by atoms with van der Waals surface area (Å²) in [4.78, 5) is 7.06. The van der Waals surface area contributed by atoms with Crippen molar-refractivity contribution in [2.24, 2.45) is 4.99 Å². The number of anilines is 1. The Kier molecular flexibility index (Phi) is 4.77. The van der Waals surface area contributed by atoms with Gasteiger partial charge in [-0.05, 0) is 61.2 Å². The van der Waals surface area contributed by atoms with Crippen LogP contribution in [0.3, 0.4) is 0 Å². The van der Waals surface area contributed by atoms with Crippen LogP contribution in [-0.4, -0.2) is 32.5 Å². The second-order valence-electron chi connectivity index (χ2n) is 6.19. The van der Waals surface area contributed by atoms with Gasteiger partial charge in [0.15, 0.2) is 0 Å². The number of aryl methyl sites for hydroxylation is 3. The minimum atomic E-state index is 0.814. The Bertz CT molecular complexity index is 716. The van der Waals surface area contributed by atoms with Crippen molar-refractivity contribution in [3.63, 3.8) is 0 Å². The van der Waals surface area contributed by atoms with Gasteiger partial charge in [-0.15, -0.1) is 0 Å². The first kappa shape index (κ1) is 15.8. The molecule has 1 aliphatic heterocycles. The van der Waals surface area contributed by atoms with E-state index in [0.717, 1.165) is 32.0 Å². The van der Waals surface area contributed by atoms with Crippen molar-refractivity contribution in [3.05, 3.63) is 58.7 Å². The number of hydrogen-bond acceptors (Lipinski definition) is 3. The zero-order valence-corrected chi connectivity index (χ0v) is 14.2. The van der Waals surface area contributed by atoms with E-state index in [9.17, 15) is 0 Å². The van der Waals surface area contributed by atoms with Crippen LogP contribution in [-0.2, 0) is 4.74 Å². The van der Waals surface area contributed by atoms with Crippen molar-refractivity contribution in [1.82, 2.24) is 0 Å². The summed E-state index contributed by atoms with van der Waals surface area (Å²) >= 11 is 0. The van der Waals surface area contributed by atoms with E-state index in [1.54, 1.807) is 0 Å². The molecule has 23 heavy (non-hydrogen) atoms. The summed E-state index contributed by atoms with van der Waals surface area (Å²) in [6.07, 6.45) is 1.97. The van der Waals surface area contributed by atoms with Crippen molar-refractivity contribution < 1.29 is 4.74 Å². The molecule has 1 fully saturated rings. The second kappa shape index (κ2) is 6.97. The van der Waals surface area contributed by atoms with E-state index in [-0.39, 0.29) is 0 Å². The molecule has 3 heteroatoms. The summed E-state index contributed by atoms with van der Waals surface area (Å²) in [6.45, 7) is 9.91. The fraction of sp³-hybridized carbons (Fsp3) is 0.350. The second-order valence-corrected chi connectivity index (χ2v) is 6.19. The summed E-state index contributed by atoms with van der Waals surface area (Å²) in [5.41, 5.74) is 7.18. The molecule has 0 radical (unpaired) electrons. The van der Waals surface area contributed by atoms with Gasteiger partial charge in [0, 0.05) is 25.0 Å². The molecule has 0 aliphatic carbocycles. The smallest absolute Gasteiger partial charge is 0.0661 e. The molecule has 1 aliphatic rings. The Morgan fingerprint density at radius 1 is 0.957 bits per heavy atom. The Labute approximate surface area is 138 Å². The SMILES string of the molecule is Cc1ccc(C)c(N=Cc2ccc(N3CCOCC3)cc2C)c1. The van der Waals surface area contributed by atoms with Crippen molar-refractivity contribution in [2.45, 2.75) is 20.8 Å². The van der Waals surface area contributed by atoms with Crippen LogP contribution < -0.4 is 4.90 Å². The first-order chi connectivity index (χ1) is 11.1. The van der Waals surface area contributed by atoms with Crippen molar-refractivity contribution in [1.29, 1.82) is 0 Å². The van der Waals surface area contributed by atoms with E-state index < -0.39 is 0 Å². The molecule has 2 aromatic rings. The highest BCUT2D eigenvalue weighted by Crippen LogP contribution is 2.22. The largest absolute Gasteiger partial charge is 0.378 e. The van der Waals surface area contributed by atoms with E-state index >= 15 is 0 Å². The van der Waals surface area contributed by atoms with Crippen LogP contribution in [0.5, 0.6) is 0 Å². The highest BCUT2D eigenvalue weighted by molar-refractivity contribution is 5.85. The monoisotopic (exact) mass is 308 g/mol. The van der Waals surface area contributed by atoms with Gasteiger partial charge in [-0.2, -0.15) is 0 Å². The molecule has 0 aromatic heterocycles. The summed E-state index contributed by atoms with van der Waals surface area (Å²) < 4.78 is 5.42. The lowest BCUT2D eigenvalue weighted by Gasteiger charge is -2.29. The predicted molar refractivity (Wildman–Crippen MR) is 97.4 cm³/mol. The van der Waals surface area contributed by atoms with Crippen LogP contribution in [0.25, 0.3) is 0 Å². The maximum atomic E-state index is 5.42. The van der Waals surface area contributed by atoms with Crippen LogP contribution in [0.2, 0.25) is 0 Å². The molecule has 0 amide bonds. The first-order valence-electron chi connectivity index (χ1n) is 8.18. The number of aliphatic imine (C=N–C) groups is 1. The first-order valence-corrected chi connectivity index (χ1v) is 8.18. The molecule has 0 bridgehead atoms. The van der Waals surface area contributed by atoms with Gasteiger partial charge in [-0.25, -0.2) is 0 Å². The molecule has 3 nitrogen and oxygen atoms in total. The quantitative estimate of drug-likeness (QED) is 0.794. The van der Waals surface area contributed by atoms with Gasteiger partial charge in [0.05, 0.1) is 18.9 Å². The maximum absolute atomic E-state index is 5.42. The molecular formula is C20H24N2O.